The molecule has 1 aliphatic heterocycles. The minimum Gasteiger partial charge on any atom is -0.482 e. The summed E-state index contributed by atoms with van der Waals surface area (Å²) < 4.78 is 10.3. The Bertz CT molecular complexity index is 840. The zero-order chi connectivity index (χ0) is 21.9. The van der Waals surface area contributed by atoms with Crippen molar-refractivity contribution in [2.45, 2.75) is 52.0 Å². The highest BCUT2D eigenvalue weighted by Crippen LogP contribution is 2.35. The number of nitrogens with one attached hydrogen (secondary N) is 2. The molecule has 2 N–H and O–H groups in total. The Balaban J connectivity index is 1.45. The molecule has 0 unspecified atom stereocenters. The number of carbonyl (C=O) groups is 4. The van der Waals surface area contributed by atoms with Gasteiger partial charge in [0.2, 0.25) is 0 Å². The average molecular weight is 417 g/mol. The van der Waals surface area contributed by atoms with Gasteiger partial charge in [-0.2, -0.15) is 5.01 Å². The molecule has 9 nitrogen and oxygen atoms in total. The lowest BCUT2D eigenvalue weighted by Crippen LogP contribution is -2.52. The summed E-state index contributed by atoms with van der Waals surface area (Å²) >= 11 is 0. The average Bonchev–Trinajstić information content (AvgIpc) is 2.90. The molecule has 2 aliphatic rings. The third-order valence-corrected chi connectivity index (χ3v) is 5.44. The molecule has 4 amide bonds. The van der Waals surface area contributed by atoms with Crippen molar-refractivity contribution >= 4 is 23.8 Å². The lowest BCUT2D eigenvalue weighted by atomic mass is 9.77. The first-order valence-corrected chi connectivity index (χ1v) is 10.0. The first-order valence-electron chi connectivity index (χ1n) is 10.0. The van der Waals surface area contributed by atoms with Gasteiger partial charge in [0.25, 0.3) is 11.8 Å². The van der Waals surface area contributed by atoms with E-state index in [1.165, 1.54) is 0 Å². The fraction of sp³-hybridized carbons (Fsp3) is 0.524. The first-order chi connectivity index (χ1) is 14.2. The number of hydrogen-bond donors (Lipinski definition) is 2. The van der Waals surface area contributed by atoms with Crippen molar-refractivity contribution in [3.63, 3.8) is 0 Å². The molecule has 1 aromatic rings. The number of aryl methyl sites for hydroxylation is 2. The lowest BCUT2D eigenvalue weighted by molar-refractivity contribution is -0.152. The van der Waals surface area contributed by atoms with Crippen molar-refractivity contribution in [1.29, 1.82) is 0 Å². The summed E-state index contributed by atoms with van der Waals surface area (Å²) in [5.74, 6) is -0.967. The number of nitrogens with zero attached hydrogens (tertiary/aromatic N) is 1. The van der Waals surface area contributed by atoms with Crippen LogP contribution in [0.25, 0.3) is 0 Å². The largest absolute Gasteiger partial charge is 0.482 e. The number of hydrazine groups is 1. The summed E-state index contributed by atoms with van der Waals surface area (Å²) in [5, 5.41) is 3.38. The van der Waals surface area contributed by atoms with Gasteiger partial charge in [-0.1, -0.05) is 13.0 Å². The minimum atomic E-state index is -0.951. The van der Waals surface area contributed by atoms with Gasteiger partial charge in [-0.15, -0.1) is 0 Å². The maximum absolute atomic E-state index is 12.7. The normalized spacial score (nSPS) is 23.3. The number of rotatable bonds is 6. The number of ether oxygens (including phenoxy) is 2. The van der Waals surface area contributed by atoms with E-state index in [4.69, 9.17) is 9.47 Å². The van der Waals surface area contributed by atoms with Crippen LogP contribution in [0.5, 0.6) is 5.75 Å². The third kappa shape index (κ3) is 4.90. The van der Waals surface area contributed by atoms with Crippen molar-refractivity contribution < 1.29 is 28.7 Å². The quantitative estimate of drug-likeness (QED) is 0.539. The Labute approximate surface area is 175 Å². The molecule has 1 spiro atoms. The number of hydrogen-bond acceptors (Lipinski definition) is 6. The number of imide groups is 1. The third-order valence-electron chi connectivity index (χ3n) is 5.44. The van der Waals surface area contributed by atoms with Gasteiger partial charge in [0.15, 0.2) is 13.2 Å². The second-order valence-electron chi connectivity index (χ2n) is 8.14. The summed E-state index contributed by atoms with van der Waals surface area (Å²) in [6.07, 6.45) is 2.73. The molecule has 0 atom stereocenters. The van der Waals surface area contributed by atoms with Crippen molar-refractivity contribution in [3.05, 3.63) is 29.3 Å². The lowest BCUT2D eigenvalue weighted by Gasteiger charge is -2.33. The maximum atomic E-state index is 12.7. The van der Waals surface area contributed by atoms with Crippen LogP contribution in [-0.2, 0) is 19.1 Å². The Morgan fingerprint density at radius 1 is 1.13 bits per heavy atom. The summed E-state index contributed by atoms with van der Waals surface area (Å²) in [5.41, 5.74) is 3.26. The number of esters is 1. The van der Waals surface area contributed by atoms with Gasteiger partial charge in [0.1, 0.15) is 11.3 Å². The minimum absolute atomic E-state index is 0.361. The maximum Gasteiger partial charge on any atom is 0.344 e. The van der Waals surface area contributed by atoms with E-state index in [1.54, 1.807) is 12.1 Å². The van der Waals surface area contributed by atoms with Gasteiger partial charge in [-0.05, 0) is 68.7 Å². The van der Waals surface area contributed by atoms with E-state index in [1.807, 2.05) is 19.9 Å². The molecule has 1 heterocycles. The van der Waals surface area contributed by atoms with Gasteiger partial charge in [0.05, 0.1) is 0 Å². The van der Waals surface area contributed by atoms with Crippen LogP contribution in [-0.4, -0.2) is 47.6 Å². The van der Waals surface area contributed by atoms with Crippen LogP contribution in [0, 0.1) is 19.8 Å². The zero-order valence-electron chi connectivity index (χ0n) is 17.4. The molecule has 30 heavy (non-hydrogen) atoms. The predicted molar refractivity (Wildman–Crippen MR) is 106 cm³/mol. The Kier molecular flexibility index (Phi) is 6.28. The molecule has 1 saturated carbocycles. The first kappa shape index (κ1) is 21.6. The van der Waals surface area contributed by atoms with Crippen molar-refractivity contribution in [2.24, 2.45) is 5.92 Å². The SMILES string of the molecule is Cc1cc(C)cc(OCC(=O)OCC(=O)NN2C(=O)NC3(CCC(C)CC3)C2=O)c1. The molecule has 2 fully saturated rings. The molecule has 0 aromatic heterocycles. The molecule has 0 radical (unpaired) electrons. The molecule has 1 saturated heterocycles. The van der Waals surface area contributed by atoms with Crippen LogP contribution >= 0.6 is 0 Å². The zero-order valence-corrected chi connectivity index (χ0v) is 17.4. The van der Waals surface area contributed by atoms with Gasteiger partial charge in [-0.25, -0.2) is 9.59 Å². The highest BCUT2D eigenvalue weighted by molar-refractivity contribution is 6.08. The fourth-order valence-electron chi connectivity index (χ4n) is 3.82. The smallest absolute Gasteiger partial charge is 0.344 e. The van der Waals surface area contributed by atoms with Crippen LogP contribution in [0.3, 0.4) is 0 Å². The van der Waals surface area contributed by atoms with E-state index in [9.17, 15) is 19.2 Å². The van der Waals surface area contributed by atoms with Crippen molar-refractivity contribution in [3.8, 4) is 5.75 Å². The Hall–Kier alpha value is -3.10. The van der Waals surface area contributed by atoms with Gasteiger partial charge in [-0.3, -0.25) is 15.0 Å². The molecule has 3 rings (SSSR count). The molecule has 162 valence electrons. The van der Waals surface area contributed by atoms with Crippen LogP contribution in [0.4, 0.5) is 4.79 Å². The second kappa shape index (κ2) is 8.73. The summed E-state index contributed by atoms with van der Waals surface area (Å²) in [7, 11) is 0. The van der Waals surface area contributed by atoms with E-state index >= 15 is 0 Å². The monoisotopic (exact) mass is 417 g/mol. The van der Waals surface area contributed by atoms with E-state index in [0.717, 1.165) is 24.0 Å². The van der Waals surface area contributed by atoms with Crippen LogP contribution in [0.2, 0.25) is 0 Å². The molecule has 0 bridgehead atoms. The highest BCUT2D eigenvalue weighted by atomic mass is 16.6. The molecule has 1 aromatic carbocycles. The molecular weight excluding hydrogens is 390 g/mol. The van der Waals surface area contributed by atoms with Gasteiger partial charge < -0.3 is 14.8 Å². The van der Waals surface area contributed by atoms with Crippen LogP contribution < -0.4 is 15.5 Å². The topological polar surface area (TPSA) is 114 Å². The van der Waals surface area contributed by atoms with Crippen molar-refractivity contribution in [1.82, 2.24) is 15.8 Å². The van der Waals surface area contributed by atoms with E-state index in [0.29, 0.717) is 29.5 Å². The predicted octanol–water partition coefficient (Wildman–Crippen LogP) is 1.76. The summed E-state index contributed by atoms with van der Waals surface area (Å²) in [6.45, 7) is 4.94. The van der Waals surface area contributed by atoms with Crippen LogP contribution in [0.1, 0.15) is 43.7 Å². The number of amides is 4. The standard InChI is InChI=1S/C21H27N3O6/c1-13-4-6-21(7-5-13)19(27)24(20(28)22-21)23-17(25)11-30-18(26)12-29-16-9-14(2)8-15(3)10-16/h8-10,13H,4-7,11-12H2,1-3H3,(H,22,28)(H,23,25). The van der Waals surface area contributed by atoms with Gasteiger partial charge in [0, 0.05) is 0 Å². The fourth-order valence-corrected chi connectivity index (χ4v) is 3.82. The van der Waals surface area contributed by atoms with E-state index < -0.39 is 36.0 Å². The summed E-state index contributed by atoms with van der Waals surface area (Å²) in [6, 6.07) is 4.87. The van der Waals surface area contributed by atoms with Crippen molar-refractivity contribution in [2.75, 3.05) is 13.2 Å². The number of urea groups is 1. The highest BCUT2D eigenvalue weighted by Gasteiger charge is 2.52. The summed E-state index contributed by atoms with van der Waals surface area (Å²) in [4.78, 5) is 48.8. The van der Waals surface area contributed by atoms with Gasteiger partial charge >= 0.3 is 12.0 Å². The molecule has 9 heteroatoms. The molecular formula is C21H27N3O6. The van der Waals surface area contributed by atoms with E-state index in [-0.39, 0.29) is 6.61 Å². The van der Waals surface area contributed by atoms with E-state index in [2.05, 4.69) is 17.7 Å². The Morgan fingerprint density at radius 3 is 2.40 bits per heavy atom. The Morgan fingerprint density at radius 2 is 1.77 bits per heavy atom. The molecule has 1 aliphatic carbocycles. The second-order valence-corrected chi connectivity index (χ2v) is 8.14. The van der Waals surface area contributed by atoms with Crippen LogP contribution in [0.15, 0.2) is 18.2 Å². The number of carbonyl (C=O) groups excluding carboxylic acids is 4. The number of benzene rings is 1.